The highest BCUT2D eigenvalue weighted by atomic mass is 19.1. The third-order valence-electron chi connectivity index (χ3n) is 4.55. The van der Waals surface area contributed by atoms with E-state index in [0.29, 0.717) is 18.0 Å². The zero-order chi connectivity index (χ0) is 20.4. The van der Waals surface area contributed by atoms with Crippen LogP contribution in [0.4, 0.5) is 15.8 Å². The second-order valence-electron chi connectivity index (χ2n) is 6.58. The summed E-state index contributed by atoms with van der Waals surface area (Å²) in [5.41, 5.74) is 4.66. The molecule has 0 unspecified atom stereocenters. The normalized spacial score (nSPS) is 10.9. The molecule has 0 atom stereocenters. The second-order valence-corrected chi connectivity index (χ2v) is 6.58. The summed E-state index contributed by atoms with van der Waals surface area (Å²) in [6.45, 7) is 4.32. The largest absolute Gasteiger partial charge is 0.497 e. The molecule has 6 nitrogen and oxygen atoms in total. The van der Waals surface area contributed by atoms with E-state index in [9.17, 15) is 4.39 Å². The van der Waals surface area contributed by atoms with Gasteiger partial charge < -0.3 is 9.64 Å². The lowest BCUT2D eigenvalue weighted by molar-refractivity contribution is 0.411. The summed E-state index contributed by atoms with van der Waals surface area (Å²) in [4.78, 5) is 11.2. The number of aromatic nitrogens is 4. The molecule has 146 valence electrons. The van der Waals surface area contributed by atoms with Gasteiger partial charge in [-0.2, -0.15) is 5.10 Å². The predicted octanol–water partition coefficient (Wildman–Crippen LogP) is 4.50. The highest BCUT2D eigenvalue weighted by Crippen LogP contribution is 2.31. The molecule has 0 spiro atoms. The van der Waals surface area contributed by atoms with Crippen molar-refractivity contribution in [2.45, 2.75) is 0 Å². The first-order valence-corrected chi connectivity index (χ1v) is 9.06. The molecule has 7 heteroatoms. The second kappa shape index (κ2) is 7.71. The number of methoxy groups -OCH3 is 1. The minimum atomic E-state index is -0.368. The standard InChI is InChI=1S/C22H20FN5O/c1-4-7-28(18-8-16(23)9-19(10-18)29-3)17-5-6-20-21(11-17)26-22(13-24-20)15-12-25-27(2)14-15/h4-6,8-14H,1,7H2,2-3H3. The molecule has 0 N–H and O–H groups in total. The number of hydrogen-bond donors (Lipinski definition) is 0. The highest BCUT2D eigenvalue weighted by Gasteiger charge is 2.13. The number of ether oxygens (including phenoxy) is 1. The van der Waals surface area contributed by atoms with Crippen molar-refractivity contribution in [3.8, 4) is 17.0 Å². The van der Waals surface area contributed by atoms with Crippen molar-refractivity contribution in [3.63, 3.8) is 0 Å². The smallest absolute Gasteiger partial charge is 0.128 e. The summed E-state index contributed by atoms with van der Waals surface area (Å²) in [6.07, 6.45) is 7.14. The van der Waals surface area contributed by atoms with Crippen LogP contribution in [0.2, 0.25) is 0 Å². The lowest BCUT2D eigenvalue weighted by Gasteiger charge is -2.24. The Morgan fingerprint density at radius 2 is 2.00 bits per heavy atom. The van der Waals surface area contributed by atoms with Gasteiger partial charge in [-0.3, -0.25) is 9.67 Å². The van der Waals surface area contributed by atoms with Gasteiger partial charge in [0.15, 0.2) is 0 Å². The van der Waals surface area contributed by atoms with E-state index in [1.165, 1.54) is 19.2 Å². The monoisotopic (exact) mass is 389 g/mol. The van der Waals surface area contributed by atoms with Crippen molar-refractivity contribution < 1.29 is 9.13 Å². The molecule has 2 heterocycles. The first-order chi connectivity index (χ1) is 14.1. The molecule has 0 saturated carbocycles. The van der Waals surface area contributed by atoms with E-state index < -0.39 is 0 Å². The summed E-state index contributed by atoms with van der Waals surface area (Å²) in [6, 6.07) is 10.4. The Morgan fingerprint density at radius 1 is 1.14 bits per heavy atom. The topological polar surface area (TPSA) is 56.1 Å². The van der Waals surface area contributed by atoms with E-state index in [1.807, 2.05) is 36.3 Å². The zero-order valence-electron chi connectivity index (χ0n) is 16.2. The summed E-state index contributed by atoms with van der Waals surface area (Å²) < 4.78 is 21.0. The van der Waals surface area contributed by atoms with Crippen LogP contribution in [-0.4, -0.2) is 33.4 Å². The van der Waals surface area contributed by atoms with Crippen LogP contribution in [0, 0.1) is 5.82 Å². The number of halogens is 1. The van der Waals surface area contributed by atoms with Gasteiger partial charge in [-0.25, -0.2) is 9.37 Å². The van der Waals surface area contributed by atoms with Gasteiger partial charge in [0, 0.05) is 48.9 Å². The maximum absolute atomic E-state index is 14.1. The summed E-state index contributed by atoms with van der Waals surface area (Å²) in [7, 11) is 3.37. The molecule has 0 saturated heterocycles. The van der Waals surface area contributed by atoms with Gasteiger partial charge in [-0.05, 0) is 24.3 Å². The van der Waals surface area contributed by atoms with Crippen molar-refractivity contribution >= 4 is 22.4 Å². The molecule has 0 fully saturated rings. The highest BCUT2D eigenvalue weighted by molar-refractivity contribution is 5.82. The van der Waals surface area contributed by atoms with Crippen LogP contribution in [-0.2, 0) is 7.05 Å². The number of aryl methyl sites for hydroxylation is 1. The molecular formula is C22H20FN5O. The van der Waals surface area contributed by atoms with Gasteiger partial charge in [0.05, 0.1) is 36.2 Å². The van der Waals surface area contributed by atoms with E-state index >= 15 is 0 Å². The van der Waals surface area contributed by atoms with E-state index in [4.69, 9.17) is 9.72 Å². The molecule has 2 aromatic carbocycles. The van der Waals surface area contributed by atoms with Crippen LogP contribution >= 0.6 is 0 Å². The molecular weight excluding hydrogens is 369 g/mol. The van der Waals surface area contributed by atoms with Crippen LogP contribution in [0.1, 0.15) is 0 Å². The van der Waals surface area contributed by atoms with Crippen molar-refractivity contribution in [2.24, 2.45) is 7.05 Å². The van der Waals surface area contributed by atoms with Gasteiger partial charge in [0.1, 0.15) is 11.6 Å². The maximum atomic E-state index is 14.1. The molecule has 0 bridgehead atoms. The van der Waals surface area contributed by atoms with Crippen LogP contribution in [0.3, 0.4) is 0 Å². The molecule has 2 aromatic heterocycles. The van der Waals surface area contributed by atoms with Crippen LogP contribution in [0.5, 0.6) is 5.75 Å². The SMILES string of the molecule is C=CCN(c1cc(F)cc(OC)c1)c1ccc2ncc(-c3cnn(C)c3)nc2c1. The first kappa shape index (κ1) is 18.6. The number of rotatable bonds is 6. The number of nitrogens with zero attached hydrogens (tertiary/aromatic N) is 5. The average Bonchev–Trinajstić information content (AvgIpc) is 3.17. The van der Waals surface area contributed by atoms with E-state index in [0.717, 1.165) is 28.0 Å². The molecule has 29 heavy (non-hydrogen) atoms. The summed E-state index contributed by atoms with van der Waals surface area (Å²) in [5, 5.41) is 4.19. The summed E-state index contributed by atoms with van der Waals surface area (Å²) in [5.74, 6) is 0.0846. The fourth-order valence-corrected chi connectivity index (χ4v) is 3.17. The van der Waals surface area contributed by atoms with Crippen LogP contribution < -0.4 is 9.64 Å². The summed E-state index contributed by atoms with van der Waals surface area (Å²) >= 11 is 0. The van der Waals surface area contributed by atoms with Gasteiger partial charge in [-0.15, -0.1) is 6.58 Å². The zero-order valence-corrected chi connectivity index (χ0v) is 16.2. The van der Waals surface area contributed by atoms with Crippen molar-refractivity contribution in [1.29, 1.82) is 0 Å². The fourth-order valence-electron chi connectivity index (χ4n) is 3.17. The van der Waals surface area contributed by atoms with Gasteiger partial charge in [0.2, 0.25) is 0 Å². The molecule has 4 rings (SSSR count). The third kappa shape index (κ3) is 3.80. The Labute approximate surface area is 167 Å². The maximum Gasteiger partial charge on any atom is 0.128 e. The van der Waals surface area contributed by atoms with Crippen molar-refractivity contribution in [1.82, 2.24) is 19.7 Å². The van der Waals surface area contributed by atoms with Gasteiger partial charge in [0.25, 0.3) is 0 Å². The molecule has 4 aromatic rings. The molecule has 0 aliphatic rings. The van der Waals surface area contributed by atoms with Crippen molar-refractivity contribution in [3.05, 3.63) is 73.5 Å². The van der Waals surface area contributed by atoms with Gasteiger partial charge in [-0.1, -0.05) is 6.08 Å². The van der Waals surface area contributed by atoms with Crippen LogP contribution in [0.15, 0.2) is 67.6 Å². The Bertz CT molecular complexity index is 1190. The molecule has 0 aliphatic carbocycles. The quantitative estimate of drug-likeness (QED) is 0.455. The van der Waals surface area contributed by atoms with Crippen LogP contribution in [0.25, 0.3) is 22.3 Å². The number of benzene rings is 2. The molecule has 0 amide bonds. The average molecular weight is 389 g/mol. The number of fused-ring (bicyclic) bond motifs is 1. The first-order valence-electron chi connectivity index (χ1n) is 9.06. The number of hydrogen-bond acceptors (Lipinski definition) is 5. The Hall–Kier alpha value is -3.74. The number of anilines is 2. The van der Waals surface area contributed by atoms with E-state index in [2.05, 4.69) is 16.7 Å². The minimum Gasteiger partial charge on any atom is -0.497 e. The lowest BCUT2D eigenvalue weighted by atomic mass is 10.2. The van der Waals surface area contributed by atoms with E-state index in [1.54, 1.807) is 29.2 Å². The lowest BCUT2D eigenvalue weighted by Crippen LogP contribution is -2.17. The fraction of sp³-hybridized carbons (Fsp3) is 0.136. The van der Waals surface area contributed by atoms with E-state index in [-0.39, 0.29) is 5.82 Å². The van der Waals surface area contributed by atoms with Crippen molar-refractivity contribution in [2.75, 3.05) is 18.6 Å². The molecule has 0 radical (unpaired) electrons. The Morgan fingerprint density at radius 3 is 2.72 bits per heavy atom. The Balaban J connectivity index is 1.79. The minimum absolute atomic E-state index is 0.368. The Kier molecular flexibility index (Phi) is 4.95. The predicted molar refractivity (Wildman–Crippen MR) is 112 cm³/mol. The third-order valence-corrected chi connectivity index (χ3v) is 4.55. The molecule has 0 aliphatic heterocycles. The van der Waals surface area contributed by atoms with Gasteiger partial charge >= 0.3 is 0 Å².